The quantitative estimate of drug-likeness (QED) is 0.0197. The number of allylic oxidation sites excluding steroid dienone is 2. The van der Waals surface area contributed by atoms with E-state index in [0.717, 1.165) is 57.8 Å². The number of likely N-dealkylation sites (N-methyl/N-ethyl adjacent to an activating group) is 1. The lowest BCUT2D eigenvalue weighted by molar-refractivity contribution is -0.870. The number of hydrogen-bond acceptors (Lipinski definition) is 8. The van der Waals surface area contributed by atoms with Crippen molar-refractivity contribution in [2.75, 3.05) is 47.5 Å². The molecule has 0 aliphatic rings. The summed E-state index contributed by atoms with van der Waals surface area (Å²) in [4.78, 5) is 37.5. The predicted octanol–water partition coefficient (Wildman–Crippen LogP) is 12.7. The van der Waals surface area contributed by atoms with Crippen molar-refractivity contribution in [2.45, 2.75) is 225 Å². The van der Waals surface area contributed by atoms with E-state index in [4.69, 9.17) is 18.5 Å². The standard InChI is InChI=1S/C46H90NO8P/c1-6-8-10-12-14-16-18-19-20-21-22-23-24-25-26-27-28-29-31-32-34-36-38-45(48)52-42-44(43-54-56(50,51)53-41-40-47(3,4)5)55-46(49)39-37-35-33-30-17-15-13-11-9-7-2/h11,13,44H,6-10,12,14-43H2,1-5H3/b13-11-. The van der Waals surface area contributed by atoms with Crippen LogP contribution in [0.4, 0.5) is 0 Å². The molecule has 0 bridgehead atoms. The molecule has 0 radical (unpaired) electrons. The first kappa shape index (κ1) is 54.8. The fourth-order valence-corrected chi connectivity index (χ4v) is 7.33. The summed E-state index contributed by atoms with van der Waals surface area (Å²) in [6, 6.07) is 0. The maximum atomic E-state index is 12.6. The third-order valence-corrected chi connectivity index (χ3v) is 11.2. The molecule has 0 spiro atoms. The van der Waals surface area contributed by atoms with Crippen LogP contribution in [0.15, 0.2) is 12.2 Å². The number of phosphoric acid groups is 1. The van der Waals surface area contributed by atoms with Crippen LogP contribution in [-0.4, -0.2) is 70.0 Å². The van der Waals surface area contributed by atoms with E-state index < -0.39 is 26.5 Å². The first-order valence-electron chi connectivity index (χ1n) is 23.4. The highest BCUT2D eigenvalue weighted by Crippen LogP contribution is 2.38. The summed E-state index contributed by atoms with van der Waals surface area (Å²) >= 11 is 0. The van der Waals surface area contributed by atoms with Crippen molar-refractivity contribution >= 4 is 19.8 Å². The van der Waals surface area contributed by atoms with Gasteiger partial charge in [0.15, 0.2) is 6.10 Å². The van der Waals surface area contributed by atoms with Gasteiger partial charge >= 0.3 is 11.9 Å². The Balaban J connectivity index is 4.14. The Morgan fingerprint density at radius 3 is 1.39 bits per heavy atom. The van der Waals surface area contributed by atoms with E-state index >= 15 is 0 Å². The van der Waals surface area contributed by atoms with Crippen LogP contribution in [0.5, 0.6) is 0 Å². The summed E-state index contributed by atoms with van der Waals surface area (Å²) in [5, 5.41) is 0. The molecule has 10 heteroatoms. The van der Waals surface area contributed by atoms with E-state index in [1.165, 1.54) is 128 Å². The van der Waals surface area contributed by atoms with Gasteiger partial charge < -0.3 is 27.9 Å². The van der Waals surface area contributed by atoms with Gasteiger partial charge in [0.05, 0.1) is 27.7 Å². The van der Waals surface area contributed by atoms with Crippen molar-refractivity contribution in [1.82, 2.24) is 0 Å². The molecule has 0 amide bonds. The molecule has 56 heavy (non-hydrogen) atoms. The molecule has 332 valence electrons. The fourth-order valence-electron chi connectivity index (χ4n) is 6.60. The van der Waals surface area contributed by atoms with Crippen molar-refractivity contribution in [3.63, 3.8) is 0 Å². The lowest BCUT2D eigenvalue weighted by atomic mass is 10.0. The maximum Gasteiger partial charge on any atom is 0.306 e. The zero-order valence-corrected chi connectivity index (χ0v) is 38.2. The van der Waals surface area contributed by atoms with Gasteiger partial charge in [-0.05, 0) is 32.1 Å². The summed E-state index contributed by atoms with van der Waals surface area (Å²) in [7, 11) is 1.17. The Kier molecular flexibility index (Phi) is 38.3. The molecular weight excluding hydrogens is 725 g/mol. The number of hydrogen-bond donors (Lipinski definition) is 0. The van der Waals surface area contributed by atoms with Crippen LogP contribution in [0, 0.1) is 0 Å². The molecule has 0 aromatic carbocycles. The van der Waals surface area contributed by atoms with Crippen LogP contribution in [0.2, 0.25) is 0 Å². The molecule has 2 atom stereocenters. The van der Waals surface area contributed by atoms with E-state index in [1.807, 2.05) is 21.1 Å². The van der Waals surface area contributed by atoms with E-state index in [-0.39, 0.29) is 32.0 Å². The molecule has 0 aromatic rings. The number of nitrogens with zero attached hydrogens (tertiary/aromatic N) is 1. The molecule has 2 unspecified atom stereocenters. The highest BCUT2D eigenvalue weighted by molar-refractivity contribution is 7.45. The summed E-state index contributed by atoms with van der Waals surface area (Å²) in [6.45, 7) is 4.18. The second-order valence-corrected chi connectivity index (χ2v) is 18.5. The smallest absolute Gasteiger partial charge is 0.306 e. The Bertz CT molecular complexity index is 969. The second-order valence-electron chi connectivity index (χ2n) is 17.1. The number of rotatable bonds is 43. The van der Waals surface area contributed by atoms with E-state index in [0.29, 0.717) is 17.4 Å². The predicted molar refractivity (Wildman–Crippen MR) is 231 cm³/mol. The Morgan fingerprint density at radius 2 is 0.946 bits per heavy atom. The average molecular weight is 816 g/mol. The molecule has 0 fully saturated rings. The number of esters is 2. The molecule has 0 saturated heterocycles. The highest BCUT2D eigenvalue weighted by Gasteiger charge is 2.21. The first-order valence-corrected chi connectivity index (χ1v) is 24.9. The van der Waals surface area contributed by atoms with Crippen LogP contribution in [0.1, 0.15) is 219 Å². The average Bonchev–Trinajstić information content (AvgIpc) is 3.15. The number of phosphoric ester groups is 1. The number of ether oxygens (including phenoxy) is 2. The number of carbonyl (C=O) groups is 2. The van der Waals surface area contributed by atoms with Gasteiger partial charge in [-0.3, -0.25) is 14.2 Å². The van der Waals surface area contributed by atoms with E-state index in [9.17, 15) is 19.0 Å². The van der Waals surface area contributed by atoms with Gasteiger partial charge in [-0.15, -0.1) is 0 Å². The second kappa shape index (κ2) is 39.2. The molecule has 0 N–H and O–H groups in total. The Morgan fingerprint density at radius 1 is 0.536 bits per heavy atom. The third kappa shape index (κ3) is 42.4. The zero-order chi connectivity index (χ0) is 41.4. The van der Waals surface area contributed by atoms with Crippen molar-refractivity contribution in [3.8, 4) is 0 Å². The minimum absolute atomic E-state index is 0.0295. The number of quaternary nitrogens is 1. The van der Waals surface area contributed by atoms with Crippen LogP contribution in [0.3, 0.4) is 0 Å². The normalized spacial score (nSPS) is 13.6. The summed E-state index contributed by atoms with van der Waals surface area (Å²) in [6.07, 6.45) is 41.1. The molecule has 0 aromatic heterocycles. The molecular formula is C46H90NO8P. The minimum Gasteiger partial charge on any atom is -0.756 e. The van der Waals surface area contributed by atoms with E-state index in [2.05, 4.69) is 26.0 Å². The molecule has 0 rings (SSSR count). The van der Waals surface area contributed by atoms with Crippen molar-refractivity contribution in [2.24, 2.45) is 0 Å². The van der Waals surface area contributed by atoms with Gasteiger partial charge in [0.1, 0.15) is 19.8 Å². The lowest BCUT2D eigenvalue weighted by Gasteiger charge is -2.28. The fraction of sp³-hybridized carbons (Fsp3) is 0.913. The summed E-state index contributed by atoms with van der Waals surface area (Å²) in [5.74, 6) is -0.836. The van der Waals surface area contributed by atoms with Gasteiger partial charge in [-0.1, -0.05) is 187 Å². The molecule has 0 heterocycles. The van der Waals surface area contributed by atoms with Gasteiger partial charge in [0, 0.05) is 12.8 Å². The largest absolute Gasteiger partial charge is 0.756 e. The first-order chi connectivity index (χ1) is 27.0. The number of unbranched alkanes of at least 4 members (excludes halogenated alkanes) is 27. The van der Waals surface area contributed by atoms with Crippen LogP contribution in [0.25, 0.3) is 0 Å². The minimum atomic E-state index is -4.62. The van der Waals surface area contributed by atoms with E-state index in [1.54, 1.807) is 0 Å². The van der Waals surface area contributed by atoms with Crippen LogP contribution in [-0.2, 0) is 32.7 Å². The SMILES string of the molecule is CCC/C=C\CCCCCCCC(=O)OC(COC(=O)CCCCCCCCCCCCCCCCCCCCCCCC)COP(=O)([O-])OCC[N+](C)(C)C. The van der Waals surface area contributed by atoms with Gasteiger partial charge in [0.25, 0.3) is 7.82 Å². The molecule has 9 nitrogen and oxygen atoms in total. The van der Waals surface area contributed by atoms with Crippen molar-refractivity contribution in [3.05, 3.63) is 12.2 Å². The highest BCUT2D eigenvalue weighted by atomic mass is 31.2. The molecule has 0 aliphatic heterocycles. The summed E-state index contributed by atoms with van der Waals surface area (Å²) in [5.41, 5.74) is 0. The number of carbonyl (C=O) groups excluding carboxylic acids is 2. The van der Waals surface area contributed by atoms with Gasteiger partial charge in [0.2, 0.25) is 0 Å². The van der Waals surface area contributed by atoms with Crippen molar-refractivity contribution in [1.29, 1.82) is 0 Å². The van der Waals surface area contributed by atoms with Gasteiger partial charge in [-0.25, -0.2) is 0 Å². The summed E-state index contributed by atoms with van der Waals surface area (Å²) < 4.78 is 33.9. The van der Waals surface area contributed by atoms with Gasteiger partial charge in [-0.2, -0.15) is 0 Å². The van der Waals surface area contributed by atoms with Crippen LogP contribution < -0.4 is 4.89 Å². The Labute approximate surface area is 346 Å². The lowest BCUT2D eigenvalue weighted by Crippen LogP contribution is -2.37. The van der Waals surface area contributed by atoms with Crippen molar-refractivity contribution < 1.29 is 42.1 Å². The molecule has 0 aliphatic carbocycles. The van der Waals surface area contributed by atoms with Crippen LogP contribution >= 0.6 is 7.82 Å². The molecule has 0 saturated carbocycles. The monoisotopic (exact) mass is 816 g/mol. The Hall–Kier alpha value is -1.25. The zero-order valence-electron chi connectivity index (χ0n) is 37.3. The maximum absolute atomic E-state index is 12.6. The topological polar surface area (TPSA) is 111 Å². The third-order valence-electron chi connectivity index (χ3n) is 10.3.